The largest absolute Gasteiger partial charge is 0.350 e. The highest BCUT2D eigenvalue weighted by Gasteiger charge is 2.31. The summed E-state index contributed by atoms with van der Waals surface area (Å²) in [6, 6.07) is 17.3. The van der Waals surface area contributed by atoms with E-state index in [2.05, 4.69) is 5.32 Å². The van der Waals surface area contributed by atoms with Gasteiger partial charge < -0.3 is 5.32 Å². The molecule has 3 rings (SSSR count). The second kappa shape index (κ2) is 9.25. The van der Waals surface area contributed by atoms with E-state index in [-0.39, 0.29) is 28.7 Å². The summed E-state index contributed by atoms with van der Waals surface area (Å²) in [5.74, 6) is -0.396. The third-order valence-electron chi connectivity index (χ3n) is 4.76. The van der Waals surface area contributed by atoms with Gasteiger partial charge in [0.2, 0.25) is 15.9 Å². The zero-order valence-electron chi connectivity index (χ0n) is 16.6. The molecule has 0 heterocycles. The number of sulfonamides is 1. The van der Waals surface area contributed by atoms with Crippen molar-refractivity contribution < 1.29 is 13.2 Å². The number of nitrogens with one attached hydrogen (secondary N) is 1. The molecular weight excluding hydrogens is 443 g/mol. The Morgan fingerprint density at radius 2 is 1.67 bits per heavy atom. The van der Waals surface area contributed by atoms with Gasteiger partial charge in [-0.1, -0.05) is 72.6 Å². The zero-order chi connectivity index (χ0) is 21.9. The van der Waals surface area contributed by atoms with Crippen molar-refractivity contribution in [3.63, 3.8) is 0 Å². The quantitative estimate of drug-likeness (QED) is 0.534. The fraction of sp³-hybridized carbons (Fsp3) is 0.227. The molecular formula is C22H22Cl2N2O3S. The maximum absolute atomic E-state index is 13.0. The average molecular weight is 465 g/mol. The van der Waals surface area contributed by atoms with Crippen LogP contribution in [0.3, 0.4) is 0 Å². The maximum Gasteiger partial charge on any atom is 0.244 e. The number of benzene rings is 3. The van der Waals surface area contributed by atoms with Crippen LogP contribution in [0.2, 0.25) is 10.0 Å². The van der Waals surface area contributed by atoms with E-state index in [0.29, 0.717) is 0 Å². The predicted octanol–water partition coefficient (Wildman–Crippen LogP) is 5.01. The highest BCUT2D eigenvalue weighted by atomic mass is 35.5. The number of hydrogen-bond acceptors (Lipinski definition) is 3. The molecule has 0 saturated carbocycles. The molecule has 3 aromatic rings. The van der Waals surface area contributed by atoms with Crippen LogP contribution in [0.15, 0.2) is 60.7 Å². The van der Waals surface area contributed by atoms with Gasteiger partial charge in [-0.3, -0.25) is 9.10 Å². The summed E-state index contributed by atoms with van der Waals surface area (Å²) in [5, 5.41) is 5.57. The monoisotopic (exact) mass is 464 g/mol. The van der Waals surface area contributed by atoms with E-state index in [1.165, 1.54) is 18.2 Å². The normalized spacial score (nSPS) is 12.5. The van der Waals surface area contributed by atoms with E-state index in [1.807, 2.05) is 42.5 Å². The minimum atomic E-state index is -3.77. The summed E-state index contributed by atoms with van der Waals surface area (Å²) in [4.78, 5) is 13.0. The van der Waals surface area contributed by atoms with Crippen LogP contribution in [0, 0.1) is 0 Å². The van der Waals surface area contributed by atoms with Crippen molar-refractivity contribution >= 4 is 55.6 Å². The number of carbonyl (C=O) groups is 1. The molecule has 0 aromatic heterocycles. The first-order valence-corrected chi connectivity index (χ1v) is 12.0. The minimum Gasteiger partial charge on any atom is -0.350 e. The molecule has 0 aliphatic heterocycles. The summed E-state index contributed by atoms with van der Waals surface area (Å²) < 4.78 is 26.2. The molecule has 30 heavy (non-hydrogen) atoms. The van der Waals surface area contributed by atoms with E-state index in [4.69, 9.17) is 23.2 Å². The number of rotatable bonds is 7. The highest BCUT2D eigenvalue weighted by molar-refractivity contribution is 7.92. The number of halogens is 2. The lowest BCUT2D eigenvalue weighted by atomic mass is 10.0. The minimum absolute atomic E-state index is 0.252. The standard InChI is InChI=1S/C22H22Cl2N2O3S/c1-3-21(26(30(2,28)29)19-12-17(23)11-18(24)13-19)22(27)25-14-16-9-6-8-15-7-4-5-10-20(15)16/h4-13,21H,3,14H2,1-2H3,(H,25,27)/t21-/m0/s1. The molecule has 0 aliphatic rings. The third kappa shape index (κ3) is 5.06. The zero-order valence-corrected chi connectivity index (χ0v) is 18.9. The molecule has 0 bridgehead atoms. The first-order valence-electron chi connectivity index (χ1n) is 9.40. The van der Waals surface area contributed by atoms with E-state index in [1.54, 1.807) is 6.92 Å². The van der Waals surface area contributed by atoms with Crippen molar-refractivity contribution in [2.24, 2.45) is 0 Å². The van der Waals surface area contributed by atoms with Crippen molar-refractivity contribution in [1.82, 2.24) is 5.32 Å². The molecule has 0 saturated heterocycles. The van der Waals surface area contributed by atoms with Crippen LogP contribution in [-0.4, -0.2) is 26.6 Å². The highest BCUT2D eigenvalue weighted by Crippen LogP contribution is 2.29. The summed E-state index contributed by atoms with van der Waals surface area (Å²) in [5.41, 5.74) is 1.20. The van der Waals surface area contributed by atoms with Crippen molar-refractivity contribution in [3.8, 4) is 0 Å². The molecule has 158 valence electrons. The number of amides is 1. The Balaban J connectivity index is 1.89. The number of carbonyl (C=O) groups excluding carboxylic acids is 1. The van der Waals surface area contributed by atoms with Gasteiger partial charge in [0.25, 0.3) is 0 Å². The van der Waals surface area contributed by atoms with Gasteiger partial charge >= 0.3 is 0 Å². The molecule has 1 N–H and O–H groups in total. The van der Waals surface area contributed by atoms with Crippen LogP contribution in [0.25, 0.3) is 10.8 Å². The Bertz CT molecular complexity index is 1160. The van der Waals surface area contributed by atoms with E-state index < -0.39 is 22.0 Å². The molecule has 1 amide bonds. The summed E-state index contributed by atoms with van der Waals surface area (Å²) >= 11 is 12.1. The smallest absolute Gasteiger partial charge is 0.244 e. The molecule has 0 fully saturated rings. The van der Waals surface area contributed by atoms with Crippen LogP contribution in [0.4, 0.5) is 5.69 Å². The Morgan fingerprint density at radius 1 is 1.03 bits per heavy atom. The SMILES string of the molecule is CC[C@@H](C(=O)NCc1cccc2ccccc12)N(c1cc(Cl)cc(Cl)c1)S(C)(=O)=O. The van der Waals surface area contributed by atoms with Crippen LogP contribution in [0.1, 0.15) is 18.9 Å². The van der Waals surface area contributed by atoms with Crippen LogP contribution in [0.5, 0.6) is 0 Å². The van der Waals surface area contributed by atoms with Gasteiger partial charge in [-0.25, -0.2) is 8.42 Å². The van der Waals surface area contributed by atoms with Gasteiger partial charge in [0.05, 0.1) is 11.9 Å². The molecule has 1 atom stereocenters. The second-order valence-corrected chi connectivity index (χ2v) is 9.70. The van der Waals surface area contributed by atoms with Gasteiger partial charge in [-0.2, -0.15) is 0 Å². The molecule has 0 unspecified atom stereocenters. The summed E-state index contributed by atoms with van der Waals surface area (Å²) in [6.45, 7) is 2.04. The fourth-order valence-corrected chi connectivity index (χ4v) is 5.18. The van der Waals surface area contributed by atoms with Crippen molar-refractivity contribution in [1.29, 1.82) is 0 Å². The van der Waals surface area contributed by atoms with Crippen LogP contribution < -0.4 is 9.62 Å². The van der Waals surface area contributed by atoms with E-state index >= 15 is 0 Å². The lowest BCUT2D eigenvalue weighted by molar-refractivity contribution is -0.122. The van der Waals surface area contributed by atoms with Gasteiger partial charge in [-0.15, -0.1) is 0 Å². The molecule has 5 nitrogen and oxygen atoms in total. The van der Waals surface area contributed by atoms with Gasteiger partial charge in [0.1, 0.15) is 6.04 Å². The van der Waals surface area contributed by atoms with Crippen molar-refractivity contribution in [2.75, 3.05) is 10.6 Å². The molecule has 3 aromatic carbocycles. The van der Waals surface area contributed by atoms with Crippen molar-refractivity contribution in [3.05, 3.63) is 76.3 Å². The van der Waals surface area contributed by atoms with Crippen LogP contribution in [-0.2, 0) is 21.4 Å². The Labute approximate surface area is 186 Å². The first kappa shape index (κ1) is 22.4. The average Bonchev–Trinajstić information content (AvgIpc) is 2.68. The van der Waals surface area contributed by atoms with Gasteiger partial charge in [0.15, 0.2) is 0 Å². The Hall–Kier alpha value is -2.28. The third-order valence-corrected chi connectivity index (χ3v) is 6.38. The number of hydrogen-bond donors (Lipinski definition) is 1. The topological polar surface area (TPSA) is 66.5 Å². The summed E-state index contributed by atoms with van der Waals surface area (Å²) in [6.07, 6.45) is 1.33. The Morgan fingerprint density at radius 3 is 2.30 bits per heavy atom. The van der Waals surface area contributed by atoms with Gasteiger partial charge in [0, 0.05) is 16.6 Å². The fourth-order valence-electron chi connectivity index (χ4n) is 3.47. The molecule has 8 heteroatoms. The number of anilines is 1. The number of fused-ring (bicyclic) bond motifs is 1. The lowest BCUT2D eigenvalue weighted by Gasteiger charge is -2.30. The van der Waals surface area contributed by atoms with Crippen molar-refractivity contribution in [2.45, 2.75) is 25.9 Å². The first-order chi connectivity index (χ1) is 14.2. The molecule has 0 spiro atoms. The lowest BCUT2D eigenvalue weighted by Crippen LogP contribution is -2.49. The van der Waals surface area contributed by atoms with E-state index in [0.717, 1.165) is 26.9 Å². The maximum atomic E-state index is 13.0. The molecule has 0 aliphatic carbocycles. The Kier molecular flexibility index (Phi) is 6.91. The predicted molar refractivity (Wildman–Crippen MR) is 124 cm³/mol. The number of nitrogens with zero attached hydrogens (tertiary/aromatic N) is 1. The van der Waals surface area contributed by atoms with Gasteiger partial charge in [-0.05, 0) is 41.0 Å². The van der Waals surface area contributed by atoms with E-state index in [9.17, 15) is 13.2 Å². The summed E-state index contributed by atoms with van der Waals surface area (Å²) in [7, 11) is -3.77. The molecule has 0 radical (unpaired) electrons. The van der Waals surface area contributed by atoms with Crippen LogP contribution >= 0.6 is 23.2 Å². The second-order valence-electron chi connectivity index (χ2n) is 6.97.